The molecule has 1 aromatic carbocycles. The van der Waals surface area contributed by atoms with Gasteiger partial charge in [0.15, 0.2) is 0 Å². The molecule has 5 heteroatoms. The van der Waals surface area contributed by atoms with Crippen LogP contribution >= 0.6 is 23.2 Å². The van der Waals surface area contributed by atoms with Gasteiger partial charge in [0, 0.05) is 31.1 Å². The minimum atomic E-state index is 0.594. The molecule has 2 heterocycles. The largest absolute Gasteiger partial charge is 0.496 e. The van der Waals surface area contributed by atoms with Crippen LogP contribution < -0.4 is 4.74 Å². The Bertz CT molecular complexity index is 853. The molecule has 29 heavy (non-hydrogen) atoms. The van der Waals surface area contributed by atoms with E-state index in [9.17, 15) is 0 Å². The molecule has 4 rings (SSSR count). The van der Waals surface area contributed by atoms with Crippen LogP contribution in [0.15, 0.2) is 29.5 Å². The summed E-state index contributed by atoms with van der Waals surface area (Å²) in [5.74, 6) is 1.79. The molecule has 2 aromatic rings. The van der Waals surface area contributed by atoms with E-state index in [1.54, 1.807) is 19.5 Å². The molecule has 0 unspecified atom stereocenters. The van der Waals surface area contributed by atoms with Crippen LogP contribution in [-0.4, -0.2) is 24.4 Å². The normalized spacial score (nSPS) is 16.0. The van der Waals surface area contributed by atoms with Gasteiger partial charge in [-0.1, -0.05) is 62.7 Å². The topological polar surface area (TPSA) is 34.5 Å². The molecule has 1 aliphatic carbocycles. The number of aromatic nitrogens is 1. The van der Waals surface area contributed by atoms with E-state index in [-0.39, 0.29) is 0 Å². The van der Waals surface area contributed by atoms with Crippen LogP contribution in [0.2, 0.25) is 10.0 Å². The molecule has 3 nitrogen and oxygen atoms in total. The van der Waals surface area contributed by atoms with Gasteiger partial charge in [0.2, 0.25) is 0 Å². The Kier molecular flexibility index (Phi) is 7.97. The molecule has 0 spiro atoms. The molecule has 2 aliphatic rings. The van der Waals surface area contributed by atoms with E-state index < -0.39 is 0 Å². The van der Waals surface area contributed by atoms with Crippen LogP contribution in [0.3, 0.4) is 0 Å². The minimum absolute atomic E-state index is 0.594. The van der Waals surface area contributed by atoms with Crippen molar-refractivity contribution in [3.8, 4) is 5.75 Å². The Morgan fingerprint density at radius 1 is 1.03 bits per heavy atom. The molecule has 1 aliphatic heterocycles. The summed E-state index contributed by atoms with van der Waals surface area (Å²) in [4.78, 5) is 8.87. The second kappa shape index (κ2) is 10.4. The average molecular weight is 433 g/mol. The molecule has 0 bridgehead atoms. The summed E-state index contributed by atoms with van der Waals surface area (Å²) in [6, 6.07) is 4.24. The number of fused-ring (bicyclic) bond motifs is 1. The van der Waals surface area contributed by atoms with E-state index in [1.807, 2.05) is 13.8 Å². The van der Waals surface area contributed by atoms with Gasteiger partial charge in [-0.25, -0.2) is 0 Å². The van der Waals surface area contributed by atoms with Crippen LogP contribution in [-0.2, 0) is 19.3 Å². The number of ether oxygens (including phenoxy) is 1. The zero-order valence-corrected chi connectivity index (χ0v) is 19.1. The van der Waals surface area contributed by atoms with Gasteiger partial charge in [-0.2, -0.15) is 0 Å². The van der Waals surface area contributed by atoms with Crippen molar-refractivity contribution in [3.05, 3.63) is 56.8 Å². The van der Waals surface area contributed by atoms with Crippen LogP contribution in [0.25, 0.3) is 0 Å². The van der Waals surface area contributed by atoms with Gasteiger partial charge in [0.25, 0.3) is 0 Å². The minimum Gasteiger partial charge on any atom is -0.496 e. The van der Waals surface area contributed by atoms with E-state index in [4.69, 9.17) is 32.9 Å². The van der Waals surface area contributed by atoms with E-state index in [0.29, 0.717) is 16.5 Å². The maximum absolute atomic E-state index is 6.35. The number of benzene rings is 1. The van der Waals surface area contributed by atoms with E-state index in [0.717, 1.165) is 42.3 Å². The number of rotatable bonds is 5. The highest BCUT2D eigenvalue weighted by atomic mass is 35.5. The lowest BCUT2D eigenvalue weighted by Crippen LogP contribution is -2.19. The molecule has 0 N–H and O–H groups in total. The number of hydrogen-bond acceptors (Lipinski definition) is 3. The van der Waals surface area contributed by atoms with Crippen molar-refractivity contribution in [2.75, 3.05) is 13.7 Å². The van der Waals surface area contributed by atoms with Gasteiger partial charge in [0.05, 0.1) is 17.2 Å². The summed E-state index contributed by atoms with van der Waals surface area (Å²) in [6.45, 7) is 4.80. The van der Waals surface area contributed by atoms with Crippen LogP contribution in [0.5, 0.6) is 5.75 Å². The third-order valence-electron chi connectivity index (χ3n) is 5.85. The number of pyridine rings is 1. The molecule has 0 saturated heterocycles. The Morgan fingerprint density at radius 3 is 2.38 bits per heavy atom. The van der Waals surface area contributed by atoms with Crippen molar-refractivity contribution in [1.82, 2.24) is 4.98 Å². The molecule has 0 radical (unpaired) electrons. The Morgan fingerprint density at radius 2 is 1.72 bits per heavy atom. The fourth-order valence-corrected chi connectivity index (χ4v) is 4.96. The predicted molar refractivity (Wildman–Crippen MR) is 123 cm³/mol. The summed E-state index contributed by atoms with van der Waals surface area (Å²) in [6.07, 6.45) is 11.4. The van der Waals surface area contributed by atoms with Gasteiger partial charge in [-0.05, 0) is 53.1 Å². The number of hydrogen-bond donors (Lipinski definition) is 0. The molecule has 1 saturated carbocycles. The third kappa shape index (κ3) is 4.95. The quantitative estimate of drug-likeness (QED) is 0.523. The van der Waals surface area contributed by atoms with Crippen molar-refractivity contribution < 1.29 is 4.74 Å². The van der Waals surface area contributed by atoms with Crippen molar-refractivity contribution in [2.24, 2.45) is 10.9 Å². The first-order valence-electron chi connectivity index (χ1n) is 10.7. The Labute approximate surface area is 184 Å². The van der Waals surface area contributed by atoms with Gasteiger partial charge in [-0.15, -0.1) is 0 Å². The fraction of sp³-hybridized carbons (Fsp3) is 0.500. The first kappa shape index (κ1) is 22.1. The van der Waals surface area contributed by atoms with Gasteiger partial charge < -0.3 is 4.74 Å². The zero-order chi connectivity index (χ0) is 20.8. The zero-order valence-electron chi connectivity index (χ0n) is 17.6. The highest BCUT2D eigenvalue weighted by Crippen LogP contribution is 2.36. The molecular formula is C24H30Cl2N2O. The monoisotopic (exact) mass is 432 g/mol. The lowest BCUT2D eigenvalue weighted by molar-refractivity contribution is 0.403. The van der Waals surface area contributed by atoms with Crippen LogP contribution in [0.1, 0.15) is 61.8 Å². The van der Waals surface area contributed by atoms with Crippen LogP contribution in [0, 0.1) is 5.92 Å². The number of halogens is 2. The van der Waals surface area contributed by atoms with E-state index >= 15 is 0 Å². The lowest BCUT2D eigenvalue weighted by atomic mass is 9.86. The first-order valence-corrected chi connectivity index (χ1v) is 11.4. The SMILES string of the molecule is CC.COc1ccc2c(c1CC1CCCC1)CCN=C2Cc1c(Cl)cncc1Cl. The molecular weight excluding hydrogens is 403 g/mol. The van der Waals surface area contributed by atoms with E-state index in [2.05, 4.69) is 17.1 Å². The summed E-state index contributed by atoms with van der Waals surface area (Å²) >= 11 is 12.7. The van der Waals surface area contributed by atoms with Crippen LogP contribution in [0.4, 0.5) is 0 Å². The molecule has 1 aromatic heterocycles. The van der Waals surface area contributed by atoms with Crippen molar-refractivity contribution >= 4 is 28.9 Å². The van der Waals surface area contributed by atoms with Gasteiger partial charge >= 0.3 is 0 Å². The maximum atomic E-state index is 6.35. The smallest absolute Gasteiger partial charge is 0.122 e. The van der Waals surface area contributed by atoms with Crippen molar-refractivity contribution in [1.29, 1.82) is 0 Å². The van der Waals surface area contributed by atoms with Crippen molar-refractivity contribution in [3.63, 3.8) is 0 Å². The second-order valence-corrected chi connectivity index (χ2v) is 8.28. The molecule has 1 fully saturated rings. The van der Waals surface area contributed by atoms with Gasteiger partial charge in [0.1, 0.15) is 5.75 Å². The van der Waals surface area contributed by atoms with Gasteiger partial charge in [-0.3, -0.25) is 9.98 Å². The predicted octanol–water partition coefficient (Wildman–Crippen LogP) is 6.74. The highest BCUT2D eigenvalue weighted by Gasteiger charge is 2.25. The number of nitrogens with zero attached hydrogens (tertiary/aromatic N) is 2. The summed E-state index contributed by atoms with van der Waals surface area (Å²) in [5, 5.41) is 1.19. The number of methoxy groups -OCH3 is 1. The summed E-state index contributed by atoms with van der Waals surface area (Å²) in [5.41, 5.74) is 5.95. The maximum Gasteiger partial charge on any atom is 0.122 e. The Balaban J connectivity index is 0.00000117. The standard InChI is InChI=1S/C22H24Cl2N2O.C2H6/c1-27-22-7-6-16-15(17(22)10-14-4-2-3-5-14)8-9-26-21(16)11-18-19(23)12-25-13-20(18)24;1-2/h6-7,12-14H,2-5,8-11H2,1H3;1-2H3. The summed E-state index contributed by atoms with van der Waals surface area (Å²) in [7, 11) is 1.77. The Hall–Kier alpha value is -1.58. The van der Waals surface area contributed by atoms with Crippen molar-refractivity contribution in [2.45, 2.75) is 58.8 Å². The lowest BCUT2D eigenvalue weighted by Gasteiger charge is -2.24. The molecule has 0 atom stereocenters. The number of aliphatic imine (C=N–C) groups is 1. The molecule has 0 amide bonds. The highest BCUT2D eigenvalue weighted by molar-refractivity contribution is 6.36. The third-order valence-corrected chi connectivity index (χ3v) is 6.50. The first-order chi connectivity index (χ1) is 14.2. The fourth-order valence-electron chi connectivity index (χ4n) is 4.46. The van der Waals surface area contributed by atoms with E-state index in [1.165, 1.54) is 42.4 Å². The second-order valence-electron chi connectivity index (χ2n) is 7.46. The average Bonchev–Trinajstić information content (AvgIpc) is 3.26. The summed E-state index contributed by atoms with van der Waals surface area (Å²) < 4.78 is 5.72. The molecule has 156 valence electrons.